The third kappa shape index (κ3) is 6.16. The number of benzene rings is 1. The Morgan fingerprint density at radius 3 is 2.89 bits per heavy atom. The summed E-state index contributed by atoms with van der Waals surface area (Å²) in [5.41, 5.74) is 15.8. The second-order valence-electron chi connectivity index (χ2n) is 8.02. The molecular weight excluding hydrogens is 505 g/mol. The molecule has 15 nitrogen and oxygen atoms in total. The van der Waals surface area contributed by atoms with E-state index < -0.39 is 38.1 Å². The molecule has 0 bridgehead atoms. The van der Waals surface area contributed by atoms with Crippen LogP contribution in [0, 0.1) is 0 Å². The lowest BCUT2D eigenvalue weighted by atomic mass is 10.1. The van der Waals surface area contributed by atoms with Gasteiger partial charge in [0, 0.05) is 11.3 Å². The quantitative estimate of drug-likeness (QED) is 0.121. The van der Waals surface area contributed by atoms with E-state index in [1.807, 2.05) is 0 Å². The molecule has 1 aliphatic rings. The molecule has 5 atom stereocenters. The van der Waals surface area contributed by atoms with Gasteiger partial charge < -0.3 is 19.7 Å². The van der Waals surface area contributed by atoms with E-state index in [2.05, 4.69) is 30.1 Å². The Balaban J connectivity index is 1.53. The van der Waals surface area contributed by atoms with Crippen LogP contribution in [0.25, 0.3) is 21.6 Å². The number of para-hydroxylation sites is 1. The first-order valence-corrected chi connectivity index (χ1v) is 12.9. The maximum absolute atomic E-state index is 13.7. The van der Waals surface area contributed by atoms with Crippen molar-refractivity contribution in [2.45, 2.75) is 44.7 Å². The molecule has 1 saturated heterocycles. The highest BCUT2D eigenvalue weighted by Crippen LogP contribution is 2.46. The largest absolute Gasteiger partial charge is 0.465 e. The smallest absolute Gasteiger partial charge is 0.459 e. The van der Waals surface area contributed by atoms with Crippen molar-refractivity contribution in [2.24, 2.45) is 5.11 Å². The average Bonchev–Trinajstić information content (AvgIpc) is 3.48. The zero-order valence-electron chi connectivity index (χ0n) is 20.1. The minimum atomic E-state index is -4.12. The molecule has 0 spiro atoms. The number of hydrogen-bond donors (Lipinski definition) is 2. The number of azide groups is 1. The molecule has 1 aliphatic heterocycles. The zero-order valence-corrected chi connectivity index (χ0v) is 21.0. The number of fused-ring (bicyclic) bond motifs is 1. The SMILES string of the molecule is CCOC(=O)[C@H](C)NP(=O)(OC[C@@H]1O[C@H](n2cnc3c(N)ncnc32)C[C@H]1N=[N+]=[N-])Oc1ccccc1. The molecule has 4 rings (SSSR count). The molecule has 196 valence electrons. The maximum Gasteiger partial charge on any atom is 0.459 e. The number of hydrogen-bond acceptors (Lipinski definition) is 11. The van der Waals surface area contributed by atoms with Crippen molar-refractivity contribution < 1.29 is 27.9 Å². The molecule has 0 amide bonds. The summed E-state index contributed by atoms with van der Waals surface area (Å²) in [4.78, 5) is 27.4. The normalized spacial score (nSPS) is 21.6. The van der Waals surface area contributed by atoms with Gasteiger partial charge in [0.15, 0.2) is 11.5 Å². The van der Waals surface area contributed by atoms with Crippen LogP contribution in [-0.4, -0.2) is 56.9 Å². The van der Waals surface area contributed by atoms with E-state index in [1.54, 1.807) is 41.8 Å². The maximum atomic E-state index is 13.7. The lowest BCUT2D eigenvalue weighted by molar-refractivity contribution is -0.144. The lowest BCUT2D eigenvalue weighted by Crippen LogP contribution is -2.36. The summed E-state index contributed by atoms with van der Waals surface area (Å²) >= 11 is 0. The fraction of sp³-hybridized carbons (Fsp3) is 0.429. The molecule has 0 saturated carbocycles. The molecule has 0 aliphatic carbocycles. The minimum Gasteiger partial charge on any atom is -0.465 e. The number of imidazole rings is 1. The van der Waals surface area contributed by atoms with Crippen molar-refractivity contribution in [2.75, 3.05) is 18.9 Å². The number of nitrogens with zero attached hydrogens (tertiary/aromatic N) is 7. The predicted octanol–water partition coefficient (Wildman–Crippen LogP) is 3.12. The van der Waals surface area contributed by atoms with Gasteiger partial charge in [0.2, 0.25) is 0 Å². The van der Waals surface area contributed by atoms with Crippen LogP contribution in [0.2, 0.25) is 0 Å². The second kappa shape index (κ2) is 11.5. The molecule has 0 radical (unpaired) electrons. The lowest BCUT2D eigenvalue weighted by Gasteiger charge is -2.24. The van der Waals surface area contributed by atoms with Crippen LogP contribution in [0.3, 0.4) is 0 Å². The molecule has 1 aromatic carbocycles. The summed E-state index contributed by atoms with van der Waals surface area (Å²) in [6.07, 6.45) is 1.66. The van der Waals surface area contributed by atoms with E-state index in [0.717, 1.165) is 0 Å². The summed E-state index contributed by atoms with van der Waals surface area (Å²) in [6.45, 7) is 3.01. The van der Waals surface area contributed by atoms with E-state index in [4.69, 9.17) is 29.8 Å². The van der Waals surface area contributed by atoms with Crippen molar-refractivity contribution in [3.05, 3.63) is 53.4 Å². The highest BCUT2D eigenvalue weighted by molar-refractivity contribution is 7.52. The van der Waals surface area contributed by atoms with Crippen LogP contribution >= 0.6 is 7.75 Å². The first-order chi connectivity index (χ1) is 17.8. The summed E-state index contributed by atoms with van der Waals surface area (Å²) in [6, 6.07) is 6.68. The van der Waals surface area contributed by atoms with Crippen LogP contribution in [0.4, 0.5) is 5.82 Å². The average molecular weight is 531 g/mol. The van der Waals surface area contributed by atoms with Crippen LogP contribution in [0.5, 0.6) is 5.75 Å². The predicted molar refractivity (Wildman–Crippen MR) is 131 cm³/mol. The summed E-state index contributed by atoms with van der Waals surface area (Å²) in [5, 5.41) is 6.42. The van der Waals surface area contributed by atoms with Crippen LogP contribution in [-0.2, 0) is 23.4 Å². The number of carbonyl (C=O) groups is 1. The summed E-state index contributed by atoms with van der Waals surface area (Å²) in [7, 11) is -4.12. The Labute approximate surface area is 211 Å². The fourth-order valence-corrected chi connectivity index (χ4v) is 5.25. The van der Waals surface area contributed by atoms with Gasteiger partial charge in [0.25, 0.3) is 0 Å². The Bertz CT molecular complexity index is 1330. The van der Waals surface area contributed by atoms with Gasteiger partial charge in [-0.25, -0.2) is 19.5 Å². The van der Waals surface area contributed by atoms with Crippen LogP contribution < -0.4 is 15.3 Å². The van der Waals surface area contributed by atoms with Crippen molar-refractivity contribution >= 4 is 30.7 Å². The fourth-order valence-electron chi connectivity index (χ4n) is 3.74. The molecule has 3 N–H and O–H groups in total. The number of nitrogen functional groups attached to an aromatic ring is 1. The number of aromatic nitrogens is 4. The van der Waals surface area contributed by atoms with Crippen molar-refractivity contribution in [1.82, 2.24) is 24.6 Å². The van der Waals surface area contributed by atoms with E-state index in [-0.39, 0.29) is 31.2 Å². The highest BCUT2D eigenvalue weighted by atomic mass is 31.2. The van der Waals surface area contributed by atoms with Gasteiger partial charge >= 0.3 is 13.7 Å². The summed E-state index contributed by atoms with van der Waals surface area (Å²) < 4.78 is 37.7. The number of rotatable bonds is 11. The van der Waals surface area contributed by atoms with E-state index in [0.29, 0.717) is 11.2 Å². The number of carbonyl (C=O) groups excluding carboxylic acids is 1. The highest BCUT2D eigenvalue weighted by Gasteiger charge is 2.40. The standard InChI is InChI=1S/C21H26N9O6P/c1-3-33-21(31)13(2)28-37(32,36-14-7-5-4-6-8-14)34-10-16-15(27-29-23)9-17(35-16)30-12-26-18-19(22)24-11-25-20(18)30/h4-8,11-13,15-17H,3,9-10H2,1-2H3,(H,28,32)(H2,22,24,25)/t13-,15+,16-,17-,37?/m0/s1. The van der Waals surface area contributed by atoms with Gasteiger partial charge in [-0.1, -0.05) is 23.3 Å². The van der Waals surface area contributed by atoms with E-state index in [9.17, 15) is 9.36 Å². The van der Waals surface area contributed by atoms with Crippen molar-refractivity contribution in [3.8, 4) is 5.75 Å². The first kappa shape index (κ1) is 26.3. The van der Waals surface area contributed by atoms with Crippen molar-refractivity contribution in [1.29, 1.82) is 0 Å². The molecule has 37 heavy (non-hydrogen) atoms. The van der Waals surface area contributed by atoms with E-state index >= 15 is 0 Å². The first-order valence-electron chi connectivity index (χ1n) is 11.4. The Hall–Kier alpha value is -3.74. The number of esters is 1. The molecule has 16 heteroatoms. The second-order valence-corrected chi connectivity index (χ2v) is 9.71. The molecular formula is C21H26N9O6P. The zero-order chi connectivity index (χ0) is 26.4. The number of ether oxygens (including phenoxy) is 2. The van der Waals surface area contributed by atoms with Crippen LogP contribution in [0.1, 0.15) is 26.5 Å². The number of anilines is 1. The topological polar surface area (TPSA) is 201 Å². The third-order valence-electron chi connectivity index (χ3n) is 5.47. The Kier molecular flexibility index (Phi) is 8.21. The molecule has 1 fully saturated rings. The Morgan fingerprint density at radius 2 is 2.16 bits per heavy atom. The minimum absolute atomic E-state index is 0.153. The molecule has 3 heterocycles. The van der Waals surface area contributed by atoms with Gasteiger partial charge in [-0.05, 0) is 31.5 Å². The van der Waals surface area contributed by atoms with Gasteiger partial charge in [0.05, 0.1) is 31.7 Å². The van der Waals surface area contributed by atoms with Gasteiger partial charge in [0.1, 0.15) is 29.9 Å². The monoisotopic (exact) mass is 531 g/mol. The molecule has 3 aromatic rings. The molecule has 2 aromatic heterocycles. The third-order valence-corrected chi connectivity index (χ3v) is 7.11. The van der Waals surface area contributed by atoms with Gasteiger partial charge in [-0.15, -0.1) is 0 Å². The van der Waals surface area contributed by atoms with Crippen LogP contribution in [0.15, 0.2) is 48.1 Å². The van der Waals surface area contributed by atoms with Crippen molar-refractivity contribution in [3.63, 3.8) is 0 Å². The van der Waals surface area contributed by atoms with Gasteiger partial charge in [-0.3, -0.25) is 13.9 Å². The van der Waals surface area contributed by atoms with E-state index in [1.165, 1.54) is 19.6 Å². The van der Waals surface area contributed by atoms with Gasteiger partial charge in [-0.2, -0.15) is 5.09 Å². The summed E-state index contributed by atoms with van der Waals surface area (Å²) in [5.74, 6) is -0.150. The molecule has 1 unspecified atom stereocenters. The number of nitrogens with two attached hydrogens (primary N) is 1. The number of nitrogens with one attached hydrogen (secondary N) is 1. The Morgan fingerprint density at radius 1 is 1.38 bits per heavy atom.